The Morgan fingerprint density at radius 2 is 1.90 bits per heavy atom. The van der Waals surface area contributed by atoms with Crippen molar-refractivity contribution in [1.82, 2.24) is 9.88 Å². The summed E-state index contributed by atoms with van der Waals surface area (Å²) in [5, 5.41) is 3.02. The van der Waals surface area contributed by atoms with E-state index in [-0.39, 0.29) is 18.8 Å². The Bertz CT molecular complexity index is 1300. The molecule has 3 aliphatic rings. The number of nitrogens with one attached hydrogen (secondary N) is 1. The van der Waals surface area contributed by atoms with Crippen LogP contribution in [0.15, 0.2) is 60.8 Å². The molecule has 9 nitrogen and oxygen atoms in total. The standard InChI is InChI=1S/C30H33N3O6/c1-35-24-5-3-2-4-23(24)28(37-17-14-33-12-15-36-16-13-33)21-6-9-27(31-19-21)32-29(34)30(10-11-30)22-7-8-25-26(18-22)39-20-38-25/h2-9,18-19,28H,10-17,20H2,1H3,(H,31,32,34). The normalized spacial score (nSPS) is 18.4. The van der Waals surface area contributed by atoms with Crippen LogP contribution in [-0.2, 0) is 19.7 Å². The van der Waals surface area contributed by atoms with Crippen LogP contribution in [-0.4, -0.2) is 69.1 Å². The lowest BCUT2D eigenvalue weighted by atomic mass is 9.94. The average Bonchev–Trinajstić information content (AvgIpc) is 3.67. The topological polar surface area (TPSA) is 91.4 Å². The zero-order chi connectivity index (χ0) is 26.7. The fraction of sp³-hybridized carbons (Fsp3) is 0.400. The van der Waals surface area contributed by atoms with Crippen LogP contribution < -0.4 is 19.5 Å². The van der Waals surface area contributed by atoms with Gasteiger partial charge in [0.1, 0.15) is 17.7 Å². The molecule has 1 unspecified atom stereocenters. The van der Waals surface area contributed by atoms with Gasteiger partial charge in [-0.25, -0.2) is 4.98 Å². The monoisotopic (exact) mass is 531 g/mol. The minimum atomic E-state index is -0.566. The van der Waals surface area contributed by atoms with Crippen molar-refractivity contribution in [3.8, 4) is 17.2 Å². The number of methoxy groups -OCH3 is 1. The maximum atomic E-state index is 13.3. The number of aromatic nitrogens is 1. The summed E-state index contributed by atoms with van der Waals surface area (Å²) in [5.74, 6) is 2.59. The van der Waals surface area contributed by atoms with E-state index in [0.717, 1.165) is 68.1 Å². The van der Waals surface area contributed by atoms with Crippen molar-refractivity contribution in [1.29, 1.82) is 0 Å². The van der Waals surface area contributed by atoms with Gasteiger partial charge in [-0.3, -0.25) is 9.69 Å². The summed E-state index contributed by atoms with van der Waals surface area (Å²) in [4.78, 5) is 20.3. The lowest BCUT2D eigenvalue weighted by Gasteiger charge is -2.28. The van der Waals surface area contributed by atoms with E-state index < -0.39 is 5.41 Å². The Morgan fingerprint density at radius 1 is 1.08 bits per heavy atom. The van der Waals surface area contributed by atoms with E-state index in [1.54, 1.807) is 13.3 Å². The van der Waals surface area contributed by atoms with E-state index in [2.05, 4.69) is 15.2 Å². The molecule has 0 bridgehead atoms. The SMILES string of the molecule is COc1ccccc1C(OCCN1CCOCC1)c1ccc(NC(=O)C2(c3ccc4c(c3)OCO4)CC2)nc1. The summed E-state index contributed by atoms with van der Waals surface area (Å²) < 4.78 is 28.4. The number of fused-ring (bicyclic) bond motifs is 1. The van der Waals surface area contributed by atoms with Crippen LogP contribution in [0.1, 0.15) is 35.6 Å². The molecule has 204 valence electrons. The number of rotatable bonds is 10. The predicted molar refractivity (Wildman–Crippen MR) is 144 cm³/mol. The molecule has 0 spiro atoms. The van der Waals surface area contributed by atoms with Crippen molar-refractivity contribution in [3.05, 3.63) is 77.5 Å². The Labute approximate surface area is 228 Å². The van der Waals surface area contributed by atoms with E-state index in [1.807, 2.05) is 54.6 Å². The number of pyridine rings is 1. The number of carbonyl (C=O) groups is 1. The molecule has 9 heteroatoms. The first-order valence-electron chi connectivity index (χ1n) is 13.4. The molecule has 1 N–H and O–H groups in total. The zero-order valence-corrected chi connectivity index (χ0v) is 22.1. The van der Waals surface area contributed by atoms with Crippen molar-refractivity contribution in [2.24, 2.45) is 0 Å². The third kappa shape index (κ3) is 5.43. The van der Waals surface area contributed by atoms with Crippen LogP contribution in [0.5, 0.6) is 17.2 Å². The summed E-state index contributed by atoms with van der Waals surface area (Å²) in [6.07, 6.45) is 2.97. The van der Waals surface area contributed by atoms with Crippen LogP contribution >= 0.6 is 0 Å². The van der Waals surface area contributed by atoms with Crippen LogP contribution in [0.25, 0.3) is 0 Å². The first kappa shape index (κ1) is 25.6. The number of carbonyl (C=O) groups excluding carboxylic acids is 1. The molecule has 2 fully saturated rings. The molecule has 6 rings (SSSR count). The fourth-order valence-electron chi connectivity index (χ4n) is 5.21. The highest BCUT2D eigenvalue weighted by Crippen LogP contribution is 2.51. The second kappa shape index (κ2) is 11.2. The minimum absolute atomic E-state index is 0.0651. The summed E-state index contributed by atoms with van der Waals surface area (Å²) in [6, 6.07) is 17.4. The number of morpholine rings is 1. The van der Waals surface area contributed by atoms with Gasteiger partial charge in [0.05, 0.1) is 32.3 Å². The van der Waals surface area contributed by atoms with E-state index >= 15 is 0 Å². The number of anilines is 1. The van der Waals surface area contributed by atoms with Gasteiger partial charge in [0, 0.05) is 37.0 Å². The van der Waals surface area contributed by atoms with E-state index in [1.165, 1.54) is 0 Å². The zero-order valence-electron chi connectivity index (χ0n) is 22.1. The van der Waals surface area contributed by atoms with Gasteiger partial charge in [0.25, 0.3) is 0 Å². The third-order valence-corrected chi connectivity index (χ3v) is 7.66. The van der Waals surface area contributed by atoms with Crippen LogP contribution in [0, 0.1) is 0 Å². The minimum Gasteiger partial charge on any atom is -0.496 e. The maximum Gasteiger partial charge on any atom is 0.236 e. The third-order valence-electron chi connectivity index (χ3n) is 7.66. The number of hydrogen-bond donors (Lipinski definition) is 1. The largest absolute Gasteiger partial charge is 0.496 e. The lowest BCUT2D eigenvalue weighted by Crippen LogP contribution is -2.38. The molecule has 3 heterocycles. The van der Waals surface area contributed by atoms with Crippen molar-refractivity contribution < 1.29 is 28.5 Å². The van der Waals surface area contributed by atoms with Crippen LogP contribution in [0.2, 0.25) is 0 Å². The first-order valence-corrected chi connectivity index (χ1v) is 13.4. The van der Waals surface area contributed by atoms with Gasteiger partial charge >= 0.3 is 0 Å². The van der Waals surface area contributed by atoms with Gasteiger partial charge in [-0.1, -0.05) is 30.3 Å². The molecule has 1 saturated heterocycles. The second-order valence-electron chi connectivity index (χ2n) is 10.0. The summed E-state index contributed by atoms with van der Waals surface area (Å²) in [6.45, 7) is 4.91. The van der Waals surface area contributed by atoms with E-state index in [0.29, 0.717) is 23.9 Å². The van der Waals surface area contributed by atoms with Gasteiger partial charge in [0.15, 0.2) is 11.5 Å². The van der Waals surface area contributed by atoms with Gasteiger partial charge in [-0.2, -0.15) is 0 Å². The van der Waals surface area contributed by atoms with Gasteiger partial charge < -0.3 is 29.0 Å². The molecule has 39 heavy (non-hydrogen) atoms. The fourth-order valence-corrected chi connectivity index (χ4v) is 5.21. The van der Waals surface area contributed by atoms with Crippen LogP contribution in [0.4, 0.5) is 5.82 Å². The molecule has 0 radical (unpaired) electrons. The summed E-state index contributed by atoms with van der Waals surface area (Å²) in [5.41, 5.74) is 2.19. The molecule has 3 aromatic rings. The molecule has 1 aromatic heterocycles. The van der Waals surface area contributed by atoms with Gasteiger partial charge in [-0.15, -0.1) is 0 Å². The molecule has 1 aliphatic carbocycles. The summed E-state index contributed by atoms with van der Waals surface area (Å²) >= 11 is 0. The van der Waals surface area contributed by atoms with Crippen molar-refractivity contribution >= 4 is 11.7 Å². The lowest BCUT2D eigenvalue weighted by molar-refractivity contribution is -0.118. The molecule has 1 saturated carbocycles. The summed E-state index contributed by atoms with van der Waals surface area (Å²) in [7, 11) is 1.66. The maximum absolute atomic E-state index is 13.3. The predicted octanol–water partition coefficient (Wildman–Crippen LogP) is 3.93. The van der Waals surface area contributed by atoms with E-state index in [4.69, 9.17) is 23.7 Å². The smallest absolute Gasteiger partial charge is 0.236 e. The van der Waals surface area contributed by atoms with Crippen molar-refractivity contribution in [2.45, 2.75) is 24.4 Å². The molecule has 2 aromatic carbocycles. The Kier molecular flexibility index (Phi) is 7.36. The number of benzene rings is 2. The van der Waals surface area contributed by atoms with Gasteiger partial charge in [-0.05, 0) is 42.7 Å². The van der Waals surface area contributed by atoms with Crippen molar-refractivity contribution in [2.75, 3.05) is 58.7 Å². The molecular weight excluding hydrogens is 498 g/mol. The number of hydrogen-bond acceptors (Lipinski definition) is 8. The first-order chi connectivity index (χ1) is 19.2. The second-order valence-corrected chi connectivity index (χ2v) is 10.0. The Morgan fingerprint density at radius 3 is 2.67 bits per heavy atom. The quantitative estimate of drug-likeness (QED) is 0.421. The highest BCUT2D eigenvalue weighted by Gasteiger charge is 2.51. The molecular formula is C30H33N3O6. The number of amides is 1. The number of para-hydroxylation sites is 1. The van der Waals surface area contributed by atoms with Gasteiger partial charge in [0.2, 0.25) is 12.7 Å². The van der Waals surface area contributed by atoms with Crippen molar-refractivity contribution in [3.63, 3.8) is 0 Å². The highest BCUT2D eigenvalue weighted by atomic mass is 16.7. The highest BCUT2D eigenvalue weighted by molar-refractivity contribution is 6.01. The average molecular weight is 532 g/mol. The molecule has 2 aliphatic heterocycles. The van der Waals surface area contributed by atoms with E-state index in [9.17, 15) is 4.79 Å². The number of ether oxygens (including phenoxy) is 5. The molecule has 1 atom stereocenters. The number of nitrogens with zero attached hydrogens (tertiary/aromatic N) is 2. The Hall–Kier alpha value is -3.66. The molecule has 1 amide bonds. The van der Waals surface area contributed by atoms with Crippen LogP contribution in [0.3, 0.4) is 0 Å². The Balaban J connectivity index is 1.16.